The van der Waals surface area contributed by atoms with Crippen LogP contribution in [0.15, 0.2) is 29.3 Å². The predicted octanol–water partition coefficient (Wildman–Crippen LogP) is 2.65. The lowest BCUT2D eigenvalue weighted by Gasteiger charge is -2.27. The van der Waals surface area contributed by atoms with E-state index in [1.807, 2.05) is 23.6 Å². The molecule has 0 saturated heterocycles. The maximum absolute atomic E-state index is 10.3. The van der Waals surface area contributed by atoms with Crippen LogP contribution < -0.4 is 0 Å². The van der Waals surface area contributed by atoms with Gasteiger partial charge in [0.1, 0.15) is 5.76 Å². The average Bonchev–Trinajstić information content (AvgIpc) is 2.72. The highest BCUT2D eigenvalue weighted by Crippen LogP contribution is 2.34. The van der Waals surface area contributed by atoms with Gasteiger partial charge in [0.15, 0.2) is 5.60 Å². The van der Waals surface area contributed by atoms with Gasteiger partial charge in [-0.1, -0.05) is 6.07 Å². The Labute approximate surface area is 87.8 Å². The normalized spacial score (nSPS) is 20.9. The van der Waals surface area contributed by atoms with Crippen LogP contribution in [0.3, 0.4) is 0 Å². The second-order valence-corrected chi connectivity index (χ2v) is 4.56. The van der Waals surface area contributed by atoms with Crippen LogP contribution in [0.5, 0.6) is 0 Å². The Kier molecular flexibility index (Phi) is 2.61. The van der Waals surface area contributed by atoms with E-state index in [1.54, 1.807) is 18.3 Å². The van der Waals surface area contributed by atoms with E-state index in [4.69, 9.17) is 4.74 Å². The monoisotopic (exact) mass is 210 g/mol. The van der Waals surface area contributed by atoms with Gasteiger partial charge in [-0.3, -0.25) is 0 Å². The Morgan fingerprint density at radius 2 is 2.43 bits per heavy atom. The zero-order valence-corrected chi connectivity index (χ0v) is 9.01. The second-order valence-electron chi connectivity index (χ2n) is 3.61. The van der Waals surface area contributed by atoms with Crippen molar-refractivity contribution in [1.29, 1.82) is 0 Å². The predicted molar refractivity (Wildman–Crippen MR) is 57.2 cm³/mol. The average molecular weight is 210 g/mol. The molecule has 1 aromatic heterocycles. The fourth-order valence-corrected chi connectivity index (χ4v) is 2.36. The lowest BCUT2D eigenvalue weighted by Crippen LogP contribution is -2.26. The van der Waals surface area contributed by atoms with Crippen LogP contribution in [-0.2, 0) is 10.3 Å². The molecule has 0 aromatic carbocycles. The van der Waals surface area contributed by atoms with Crippen molar-refractivity contribution in [1.82, 2.24) is 0 Å². The molecule has 76 valence electrons. The molecule has 14 heavy (non-hydrogen) atoms. The van der Waals surface area contributed by atoms with E-state index in [2.05, 4.69) is 0 Å². The summed E-state index contributed by atoms with van der Waals surface area (Å²) < 4.78 is 5.48. The third-order valence-electron chi connectivity index (χ3n) is 2.42. The molecule has 0 amide bonds. The van der Waals surface area contributed by atoms with Crippen LogP contribution in [0.2, 0.25) is 0 Å². The first-order valence-corrected chi connectivity index (χ1v) is 5.69. The van der Waals surface area contributed by atoms with E-state index in [0.717, 1.165) is 17.7 Å². The fraction of sp³-hybridized carbons (Fsp3) is 0.455. The topological polar surface area (TPSA) is 29.5 Å². The minimum atomic E-state index is -0.950. The number of hydrogen-bond acceptors (Lipinski definition) is 3. The number of thiophene rings is 1. The molecule has 0 bridgehead atoms. The van der Waals surface area contributed by atoms with Gasteiger partial charge in [-0.15, -0.1) is 11.3 Å². The molecule has 1 aliphatic heterocycles. The van der Waals surface area contributed by atoms with E-state index in [9.17, 15) is 5.11 Å². The highest BCUT2D eigenvalue weighted by molar-refractivity contribution is 7.10. The zero-order chi connectivity index (χ0) is 10.0. The first-order chi connectivity index (χ1) is 6.71. The zero-order valence-electron chi connectivity index (χ0n) is 8.19. The van der Waals surface area contributed by atoms with E-state index in [1.165, 1.54) is 0 Å². The summed E-state index contributed by atoms with van der Waals surface area (Å²) >= 11 is 1.55. The van der Waals surface area contributed by atoms with E-state index >= 15 is 0 Å². The lowest BCUT2D eigenvalue weighted by atomic mass is 9.99. The minimum absolute atomic E-state index is 0.700. The molecule has 1 atom stereocenters. The molecule has 2 nitrogen and oxygen atoms in total. The van der Waals surface area contributed by atoms with E-state index in [0.29, 0.717) is 12.4 Å². The van der Waals surface area contributed by atoms with Crippen LogP contribution in [0, 0.1) is 0 Å². The lowest BCUT2D eigenvalue weighted by molar-refractivity contribution is 0.0177. The van der Waals surface area contributed by atoms with Crippen molar-refractivity contribution in [3.05, 3.63) is 34.2 Å². The van der Waals surface area contributed by atoms with E-state index < -0.39 is 5.60 Å². The molecule has 1 aliphatic rings. The van der Waals surface area contributed by atoms with Crippen LogP contribution in [-0.4, -0.2) is 11.7 Å². The molecule has 0 saturated carbocycles. The summed E-state index contributed by atoms with van der Waals surface area (Å²) in [5.41, 5.74) is -0.950. The summed E-state index contributed by atoms with van der Waals surface area (Å²) in [5, 5.41) is 12.3. The summed E-state index contributed by atoms with van der Waals surface area (Å²) in [6, 6.07) is 3.88. The molecular weight excluding hydrogens is 196 g/mol. The smallest absolute Gasteiger partial charge is 0.152 e. The molecule has 2 heterocycles. The van der Waals surface area contributed by atoms with Crippen molar-refractivity contribution in [2.45, 2.75) is 25.4 Å². The highest BCUT2D eigenvalue weighted by Gasteiger charge is 2.31. The Balaban J connectivity index is 2.27. The largest absolute Gasteiger partial charge is 0.495 e. The maximum Gasteiger partial charge on any atom is 0.152 e. The fourth-order valence-electron chi connectivity index (χ4n) is 1.57. The summed E-state index contributed by atoms with van der Waals surface area (Å²) in [7, 11) is 0. The Morgan fingerprint density at radius 1 is 1.57 bits per heavy atom. The number of aliphatic hydroxyl groups is 1. The highest BCUT2D eigenvalue weighted by atomic mass is 32.1. The number of rotatable bonds is 2. The van der Waals surface area contributed by atoms with Crippen molar-refractivity contribution in [3.63, 3.8) is 0 Å². The summed E-state index contributed by atoms with van der Waals surface area (Å²) in [5.74, 6) is 0.700. The summed E-state index contributed by atoms with van der Waals surface area (Å²) in [6.45, 7) is 2.50. The third-order valence-corrected chi connectivity index (χ3v) is 3.50. The van der Waals surface area contributed by atoms with Crippen molar-refractivity contribution in [2.75, 3.05) is 6.61 Å². The Hall–Kier alpha value is -0.800. The van der Waals surface area contributed by atoms with Crippen LogP contribution in [0.25, 0.3) is 0 Å². The summed E-state index contributed by atoms with van der Waals surface area (Å²) in [4.78, 5) is 0.936. The molecule has 3 heteroatoms. The number of ether oxygens (including phenoxy) is 1. The standard InChI is InChI=1S/C11H14O2S/c1-11(12,10-6-4-8-14-10)9-5-2-3-7-13-9/h4-6,8,12H,2-3,7H2,1H3. The maximum atomic E-state index is 10.3. The van der Waals surface area contributed by atoms with E-state index in [-0.39, 0.29) is 0 Å². The summed E-state index contributed by atoms with van der Waals surface area (Å²) in [6.07, 6.45) is 4.03. The van der Waals surface area contributed by atoms with Crippen LogP contribution in [0.1, 0.15) is 24.6 Å². The molecule has 2 rings (SSSR count). The Morgan fingerprint density at radius 3 is 3.00 bits per heavy atom. The molecule has 0 radical (unpaired) electrons. The van der Waals surface area contributed by atoms with Crippen molar-refractivity contribution >= 4 is 11.3 Å². The molecule has 0 fully saturated rings. The van der Waals surface area contributed by atoms with Crippen molar-refractivity contribution < 1.29 is 9.84 Å². The van der Waals surface area contributed by atoms with Crippen molar-refractivity contribution in [3.8, 4) is 0 Å². The molecule has 1 aromatic rings. The van der Waals surface area contributed by atoms with Gasteiger partial charge in [-0.2, -0.15) is 0 Å². The number of hydrogen-bond donors (Lipinski definition) is 1. The molecule has 1 unspecified atom stereocenters. The molecule has 1 N–H and O–H groups in total. The Bertz CT molecular complexity index is 325. The molecule has 0 aliphatic carbocycles. The first kappa shape index (κ1) is 9.74. The van der Waals surface area contributed by atoms with Gasteiger partial charge in [0.25, 0.3) is 0 Å². The van der Waals surface area contributed by atoms with Crippen molar-refractivity contribution in [2.24, 2.45) is 0 Å². The quantitative estimate of drug-likeness (QED) is 0.813. The number of allylic oxidation sites excluding steroid dienone is 1. The van der Waals surface area contributed by atoms with Crippen LogP contribution in [0.4, 0.5) is 0 Å². The van der Waals surface area contributed by atoms with Gasteiger partial charge < -0.3 is 9.84 Å². The van der Waals surface area contributed by atoms with Gasteiger partial charge in [0.2, 0.25) is 0 Å². The van der Waals surface area contributed by atoms with Crippen LogP contribution >= 0.6 is 11.3 Å². The molecular formula is C11H14O2S. The second kappa shape index (κ2) is 3.75. The van der Waals surface area contributed by atoms with Gasteiger partial charge in [0, 0.05) is 4.88 Å². The minimum Gasteiger partial charge on any atom is -0.495 e. The van der Waals surface area contributed by atoms with Gasteiger partial charge >= 0.3 is 0 Å². The third kappa shape index (κ3) is 1.70. The van der Waals surface area contributed by atoms with Gasteiger partial charge in [-0.25, -0.2) is 0 Å². The SMILES string of the molecule is CC(O)(C1=CCCCO1)c1cccs1. The molecule has 0 spiro atoms. The van der Waals surface area contributed by atoms with Gasteiger partial charge in [0.05, 0.1) is 6.61 Å². The first-order valence-electron chi connectivity index (χ1n) is 4.81. The van der Waals surface area contributed by atoms with Gasteiger partial charge in [-0.05, 0) is 37.3 Å².